The highest BCUT2D eigenvalue weighted by Crippen LogP contribution is 2.35. The zero-order valence-electron chi connectivity index (χ0n) is 14.7. The van der Waals surface area contributed by atoms with Gasteiger partial charge in [-0.05, 0) is 61.7 Å². The Bertz CT molecular complexity index is 893. The van der Waals surface area contributed by atoms with Crippen LogP contribution in [0.5, 0.6) is 11.5 Å². The van der Waals surface area contributed by atoms with Crippen molar-refractivity contribution >= 4 is 23.2 Å². The number of ether oxygens (including phenoxy) is 2. The SMILES string of the molecule is CC1Oc2ccc(NC(=O)c3ccc4c(c3)CCCO4)cc2N(C)C1=O. The number of fused-ring (bicyclic) bond motifs is 2. The van der Waals surface area contributed by atoms with E-state index in [-0.39, 0.29) is 11.8 Å². The molecule has 0 spiro atoms. The van der Waals surface area contributed by atoms with Gasteiger partial charge < -0.3 is 19.7 Å². The van der Waals surface area contributed by atoms with E-state index in [1.165, 1.54) is 0 Å². The number of amides is 2. The van der Waals surface area contributed by atoms with Crippen molar-refractivity contribution in [2.24, 2.45) is 0 Å². The van der Waals surface area contributed by atoms with Crippen LogP contribution in [0.3, 0.4) is 0 Å². The first-order valence-electron chi connectivity index (χ1n) is 8.68. The fraction of sp³-hybridized carbons (Fsp3) is 0.300. The van der Waals surface area contributed by atoms with Crippen LogP contribution in [0.1, 0.15) is 29.3 Å². The van der Waals surface area contributed by atoms with Crippen LogP contribution in [-0.4, -0.2) is 31.6 Å². The number of carbonyl (C=O) groups is 2. The fourth-order valence-corrected chi connectivity index (χ4v) is 3.29. The van der Waals surface area contributed by atoms with Gasteiger partial charge in [-0.25, -0.2) is 0 Å². The zero-order chi connectivity index (χ0) is 18.3. The van der Waals surface area contributed by atoms with Gasteiger partial charge in [0.1, 0.15) is 11.5 Å². The minimum atomic E-state index is -0.509. The van der Waals surface area contributed by atoms with Crippen LogP contribution < -0.4 is 19.7 Å². The second-order valence-corrected chi connectivity index (χ2v) is 6.57. The number of carbonyl (C=O) groups excluding carboxylic acids is 2. The van der Waals surface area contributed by atoms with E-state index in [9.17, 15) is 9.59 Å². The van der Waals surface area contributed by atoms with Gasteiger partial charge >= 0.3 is 0 Å². The second-order valence-electron chi connectivity index (χ2n) is 6.57. The van der Waals surface area contributed by atoms with E-state index in [1.54, 1.807) is 43.1 Å². The van der Waals surface area contributed by atoms with Crippen LogP contribution in [-0.2, 0) is 11.2 Å². The molecule has 2 aliphatic heterocycles. The van der Waals surface area contributed by atoms with Crippen LogP contribution in [0.2, 0.25) is 0 Å². The van der Waals surface area contributed by atoms with Crippen molar-refractivity contribution in [1.29, 1.82) is 0 Å². The number of hydrogen-bond donors (Lipinski definition) is 1. The van der Waals surface area contributed by atoms with E-state index in [0.29, 0.717) is 22.7 Å². The average Bonchev–Trinajstić information content (AvgIpc) is 2.66. The number of nitrogens with zero attached hydrogens (tertiary/aromatic N) is 1. The molecular formula is C20H20N2O4. The Morgan fingerprint density at radius 2 is 2.00 bits per heavy atom. The van der Waals surface area contributed by atoms with Crippen LogP contribution in [0.15, 0.2) is 36.4 Å². The van der Waals surface area contributed by atoms with Gasteiger partial charge in [0.25, 0.3) is 11.8 Å². The summed E-state index contributed by atoms with van der Waals surface area (Å²) in [4.78, 5) is 26.2. The lowest BCUT2D eigenvalue weighted by atomic mass is 10.0. The molecule has 0 fully saturated rings. The van der Waals surface area contributed by atoms with Crippen molar-refractivity contribution in [1.82, 2.24) is 0 Å². The van der Waals surface area contributed by atoms with Crippen molar-refractivity contribution in [2.45, 2.75) is 25.9 Å². The molecule has 6 heteroatoms. The van der Waals surface area contributed by atoms with Gasteiger partial charge in [-0.15, -0.1) is 0 Å². The second kappa shape index (κ2) is 6.37. The normalized spacial score (nSPS) is 18.3. The Kier molecular flexibility index (Phi) is 4.03. The summed E-state index contributed by atoms with van der Waals surface area (Å²) < 4.78 is 11.2. The number of likely N-dealkylation sites (N-methyl/N-ethyl adjacent to an activating group) is 1. The Hall–Kier alpha value is -3.02. The topological polar surface area (TPSA) is 67.9 Å². The van der Waals surface area contributed by atoms with E-state index in [2.05, 4.69) is 5.32 Å². The number of anilines is 2. The largest absolute Gasteiger partial charge is 0.493 e. The molecule has 0 saturated carbocycles. The smallest absolute Gasteiger partial charge is 0.267 e. The van der Waals surface area contributed by atoms with E-state index >= 15 is 0 Å². The third-order valence-corrected chi connectivity index (χ3v) is 4.73. The number of hydrogen-bond acceptors (Lipinski definition) is 4. The van der Waals surface area contributed by atoms with Gasteiger partial charge in [0.05, 0.1) is 12.3 Å². The number of benzene rings is 2. The van der Waals surface area contributed by atoms with Crippen LogP contribution in [0.25, 0.3) is 0 Å². The predicted molar refractivity (Wildman–Crippen MR) is 98.2 cm³/mol. The lowest BCUT2D eigenvalue weighted by Crippen LogP contribution is -2.41. The highest BCUT2D eigenvalue weighted by Gasteiger charge is 2.29. The van der Waals surface area contributed by atoms with E-state index in [0.717, 1.165) is 30.8 Å². The molecule has 0 saturated heterocycles. The van der Waals surface area contributed by atoms with Crippen LogP contribution >= 0.6 is 0 Å². The highest BCUT2D eigenvalue weighted by atomic mass is 16.5. The highest BCUT2D eigenvalue weighted by molar-refractivity contribution is 6.05. The van der Waals surface area contributed by atoms with Crippen LogP contribution in [0, 0.1) is 0 Å². The molecule has 26 heavy (non-hydrogen) atoms. The van der Waals surface area contributed by atoms with Gasteiger partial charge in [-0.1, -0.05) is 0 Å². The Balaban J connectivity index is 1.56. The lowest BCUT2D eigenvalue weighted by molar-refractivity contribution is -0.125. The van der Waals surface area contributed by atoms with Gasteiger partial charge in [-0.3, -0.25) is 9.59 Å². The molecular weight excluding hydrogens is 332 g/mol. The molecule has 4 rings (SSSR count). The number of aryl methyl sites for hydroxylation is 1. The molecule has 0 aromatic heterocycles. The summed E-state index contributed by atoms with van der Waals surface area (Å²) in [6, 6.07) is 10.8. The Morgan fingerprint density at radius 3 is 2.85 bits per heavy atom. The average molecular weight is 352 g/mol. The lowest BCUT2D eigenvalue weighted by Gasteiger charge is -2.30. The maximum Gasteiger partial charge on any atom is 0.267 e. The third kappa shape index (κ3) is 2.87. The molecule has 2 heterocycles. The molecule has 1 unspecified atom stereocenters. The zero-order valence-corrected chi connectivity index (χ0v) is 14.7. The molecule has 134 valence electrons. The summed E-state index contributed by atoms with van der Waals surface area (Å²) in [5, 5.41) is 2.89. The Labute approximate surface area is 151 Å². The predicted octanol–water partition coefficient (Wildman–Crippen LogP) is 3.01. The van der Waals surface area contributed by atoms with Crippen molar-refractivity contribution in [3.8, 4) is 11.5 Å². The molecule has 0 aliphatic carbocycles. The fourth-order valence-electron chi connectivity index (χ4n) is 3.29. The summed E-state index contributed by atoms with van der Waals surface area (Å²) in [7, 11) is 1.70. The molecule has 0 bridgehead atoms. The summed E-state index contributed by atoms with van der Waals surface area (Å²) in [5.74, 6) is 1.17. The molecule has 2 aliphatic rings. The summed E-state index contributed by atoms with van der Waals surface area (Å²) in [6.45, 7) is 2.44. The molecule has 6 nitrogen and oxygen atoms in total. The molecule has 1 N–H and O–H groups in total. The Morgan fingerprint density at radius 1 is 1.19 bits per heavy atom. The van der Waals surface area contributed by atoms with E-state index in [1.807, 2.05) is 12.1 Å². The van der Waals surface area contributed by atoms with Gasteiger partial charge in [0, 0.05) is 18.3 Å². The summed E-state index contributed by atoms with van der Waals surface area (Å²) in [6.07, 6.45) is 1.37. The van der Waals surface area contributed by atoms with E-state index < -0.39 is 6.10 Å². The molecule has 2 amide bonds. The monoisotopic (exact) mass is 352 g/mol. The summed E-state index contributed by atoms with van der Waals surface area (Å²) in [5.41, 5.74) is 2.90. The minimum absolute atomic E-state index is 0.115. The van der Waals surface area contributed by atoms with Crippen molar-refractivity contribution in [3.05, 3.63) is 47.5 Å². The third-order valence-electron chi connectivity index (χ3n) is 4.73. The maximum absolute atomic E-state index is 12.6. The maximum atomic E-state index is 12.6. The first-order chi connectivity index (χ1) is 12.5. The quantitative estimate of drug-likeness (QED) is 0.902. The first-order valence-corrected chi connectivity index (χ1v) is 8.68. The van der Waals surface area contributed by atoms with Gasteiger partial charge in [0.2, 0.25) is 0 Å². The van der Waals surface area contributed by atoms with Crippen molar-refractivity contribution in [3.63, 3.8) is 0 Å². The van der Waals surface area contributed by atoms with E-state index in [4.69, 9.17) is 9.47 Å². The van der Waals surface area contributed by atoms with Crippen molar-refractivity contribution < 1.29 is 19.1 Å². The van der Waals surface area contributed by atoms with Gasteiger partial charge in [-0.2, -0.15) is 0 Å². The standard InChI is InChI=1S/C20H20N2O4/c1-12-20(24)22(2)16-11-15(6-8-18(16)26-12)21-19(23)14-5-7-17-13(10-14)4-3-9-25-17/h5-8,10-12H,3-4,9H2,1-2H3,(H,21,23). The molecule has 2 aromatic carbocycles. The van der Waals surface area contributed by atoms with Gasteiger partial charge in [0.15, 0.2) is 6.10 Å². The first kappa shape index (κ1) is 16.4. The van der Waals surface area contributed by atoms with Crippen LogP contribution in [0.4, 0.5) is 11.4 Å². The number of nitrogens with one attached hydrogen (secondary N) is 1. The molecule has 2 aromatic rings. The minimum Gasteiger partial charge on any atom is -0.493 e. The molecule has 1 atom stereocenters. The summed E-state index contributed by atoms with van der Waals surface area (Å²) >= 11 is 0. The van der Waals surface area contributed by atoms with Crippen molar-refractivity contribution in [2.75, 3.05) is 23.9 Å². The number of rotatable bonds is 2. The molecule has 0 radical (unpaired) electrons.